The number of anilines is 2. The van der Waals surface area contributed by atoms with E-state index >= 15 is 0 Å². The number of nitrogens with zero attached hydrogens (tertiary/aromatic N) is 2. The monoisotopic (exact) mass is 350 g/mol. The predicted molar refractivity (Wildman–Crippen MR) is 92.1 cm³/mol. The molecule has 3 rings (SSSR count). The average molecular weight is 350 g/mol. The molecule has 136 valence electrons. The number of hydrogen-bond donors (Lipinski definition) is 2. The molecule has 0 saturated carbocycles. The van der Waals surface area contributed by atoms with Gasteiger partial charge < -0.3 is 20.7 Å². The molecule has 0 aliphatic carbocycles. The fraction of sp³-hybridized carbons (Fsp3) is 0.529. The van der Waals surface area contributed by atoms with Gasteiger partial charge in [0.15, 0.2) is 0 Å². The first-order valence-electron chi connectivity index (χ1n) is 8.46. The van der Waals surface area contributed by atoms with Crippen molar-refractivity contribution in [3.63, 3.8) is 0 Å². The van der Waals surface area contributed by atoms with Crippen LogP contribution < -0.4 is 20.9 Å². The lowest BCUT2D eigenvalue weighted by Gasteiger charge is -2.32. The third-order valence-electron chi connectivity index (χ3n) is 4.64. The van der Waals surface area contributed by atoms with Gasteiger partial charge in [-0.2, -0.15) is 0 Å². The van der Waals surface area contributed by atoms with Crippen LogP contribution >= 0.6 is 0 Å². The van der Waals surface area contributed by atoms with Crippen LogP contribution in [0.5, 0.6) is 0 Å². The average Bonchev–Trinajstić information content (AvgIpc) is 2.94. The second kappa shape index (κ2) is 7.26. The quantitative estimate of drug-likeness (QED) is 0.852. The molecule has 1 atom stereocenters. The van der Waals surface area contributed by atoms with Crippen molar-refractivity contribution in [3.05, 3.63) is 24.0 Å². The van der Waals surface area contributed by atoms with E-state index in [1.807, 2.05) is 4.90 Å². The van der Waals surface area contributed by atoms with Gasteiger partial charge in [-0.25, -0.2) is 9.18 Å². The zero-order valence-electron chi connectivity index (χ0n) is 14.2. The van der Waals surface area contributed by atoms with Crippen molar-refractivity contribution < 1.29 is 18.7 Å². The molecule has 0 spiro atoms. The SMILES string of the molecule is CC(=O)NC[C@H]1COC(=O)N1c1ccc(N2CCC(N)CC2)c(F)c1. The van der Waals surface area contributed by atoms with E-state index in [1.165, 1.54) is 17.9 Å². The summed E-state index contributed by atoms with van der Waals surface area (Å²) in [6, 6.07) is 4.56. The van der Waals surface area contributed by atoms with Gasteiger partial charge in [0.2, 0.25) is 5.91 Å². The van der Waals surface area contributed by atoms with E-state index in [4.69, 9.17) is 10.5 Å². The Kier molecular flexibility index (Phi) is 5.08. The molecule has 8 heteroatoms. The molecule has 0 radical (unpaired) electrons. The smallest absolute Gasteiger partial charge is 0.414 e. The Hall–Kier alpha value is -2.35. The number of hydrogen-bond acceptors (Lipinski definition) is 5. The van der Waals surface area contributed by atoms with Crippen molar-refractivity contribution in [2.24, 2.45) is 5.73 Å². The Morgan fingerprint density at radius 2 is 2.12 bits per heavy atom. The van der Waals surface area contributed by atoms with Crippen LogP contribution in [-0.2, 0) is 9.53 Å². The number of amides is 2. The number of ether oxygens (including phenoxy) is 1. The Balaban J connectivity index is 1.76. The molecule has 2 saturated heterocycles. The molecule has 0 aromatic heterocycles. The van der Waals surface area contributed by atoms with Crippen molar-refractivity contribution in [2.75, 3.05) is 36.0 Å². The van der Waals surface area contributed by atoms with Crippen LogP contribution in [0, 0.1) is 5.82 Å². The van der Waals surface area contributed by atoms with Crippen LogP contribution in [-0.4, -0.2) is 50.3 Å². The summed E-state index contributed by atoms with van der Waals surface area (Å²) in [5, 5.41) is 2.66. The molecule has 7 nitrogen and oxygen atoms in total. The third kappa shape index (κ3) is 3.84. The van der Waals surface area contributed by atoms with E-state index in [0.717, 1.165) is 12.8 Å². The zero-order valence-corrected chi connectivity index (χ0v) is 14.2. The summed E-state index contributed by atoms with van der Waals surface area (Å²) in [6.07, 6.45) is 1.13. The molecular formula is C17H23FN4O3. The fourth-order valence-electron chi connectivity index (χ4n) is 3.23. The molecule has 2 aliphatic rings. The van der Waals surface area contributed by atoms with Gasteiger partial charge in [0, 0.05) is 32.6 Å². The van der Waals surface area contributed by atoms with E-state index in [9.17, 15) is 14.0 Å². The summed E-state index contributed by atoms with van der Waals surface area (Å²) in [7, 11) is 0. The standard InChI is InChI=1S/C17H23FN4O3/c1-11(23)20-9-14-10-25-17(24)22(14)13-2-3-16(15(18)8-13)21-6-4-12(19)5-7-21/h2-3,8,12,14H,4-7,9-10,19H2,1H3,(H,20,23)/t14-/m0/s1. The summed E-state index contributed by atoms with van der Waals surface area (Å²) in [5.74, 6) is -0.574. The van der Waals surface area contributed by atoms with E-state index < -0.39 is 6.09 Å². The molecule has 25 heavy (non-hydrogen) atoms. The maximum absolute atomic E-state index is 14.6. The van der Waals surface area contributed by atoms with Crippen LogP contribution in [0.1, 0.15) is 19.8 Å². The predicted octanol–water partition coefficient (Wildman–Crippen LogP) is 1.21. The molecule has 2 heterocycles. The molecule has 2 amide bonds. The van der Waals surface area contributed by atoms with Crippen molar-refractivity contribution in [1.29, 1.82) is 0 Å². The van der Waals surface area contributed by atoms with Crippen molar-refractivity contribution in [1.82, 2.24) is 5.32 Å². The van der Waals surface area contributed by atoms with Gasteiger partial charge in [-0.15, -0.1) is 0 Å². The Morgan fingerprint density at radius 1 is 1.40 bits per heavy atom. The van der Waals surface area contributed by atoms with E-state index in [2.05, 4.69) is 5.32 Å². The normalized spacial score (nSPS) is 21.4. The maximum Gasteiger partial charge on any atom is 0.414 e. The Labute approximate surface area is 145 Å². The Bertz CT molecular complexity index is 661. The number of carbonyl (C=O) groups excluding carboxylic acids is 2. The molecule has 0 bridgehead atoms. The van der Waals surface area contributed by atoms with E-state index in [0.29, 0.717) is 24.5 Å². The number of cyclic esters (lactones) is 1. The minimum absolute atomic E-state index is 0.159. The summed E-state index contributed by atoms with van der Waals surface area (Å²) in [4.78, 5) is 26.5. The first kappa shape index (κ1) is 17.5. The van der Waals surface area contributed by atoms with Crippen LogP contribution in [0.3, 0.4) is 0 Å². The van der Waals surface area contributed by atoms with Gasteiger partial charge >= 0.3 is 6.09 Å². The van der Waals surface area contributed by atoms with Crippen LogP contribution in [0.25, 0.3) is 0 Å². The lowest BCUT2D eigenvalue weighted by molar-refractivity contribution is -0.119. The van der Waals surface area contributed by atoms with Crippen molar-refractivity contribution in [2.45, 2.75) is 31.8 Å². The van der Waals surface area contributed by atoms with Gasteiger partial charge in [0.1, 0.15) is 12.4 Å². The van der Waals surface area contributed by atoms with Gasteiger partial charge in [0.05, 0.1) is 17.4 Å². The number of nitrogens with one attached hydrogen (secondary N) is 1. The summed E-state index contributed by atoms with van der Waals surface area (Å²) >= 11 is 0. The number of halogens is 1. The lowest BCUT2D eigenvalue weighted by atomic mass is 10.1. The number of nitrogens with two attached hydrogens (primary N) is 1. The van der Waals surface area contributed by atoms with Crippen molar-refractivity contribution in [3.8, 4) is 0 Å². The molecule has 2 fully saturated rings. The van der Waals surface area contributed by atoms with Gasteiger partial charge in [-0.05, 0) is 31.0 Å². The number of benzene rings is 1. The highest BCUT2D eigenvalue weighted by Crippen LogP contribution is 2.30. The van der Waals surface area contributed by atoms with Gasteiger partial charge in [0.25, 0.3) is 0 Å². The zero-order chi connectivity index (χ0) is 18.0. The number of rotatable bonds is 4. The molecule has 3 N–H and O–H groups in total. The molecule has 2 aliphatic heterocycles. The Morgan fingerprint density at radius 3 is 2.76 bits per heavy atom. The molecule has 0 unspecified atom stereocenters. The minimum atomic E-state index is -0.536. The first-order valence-corrected chi connectivity index (χ1v) is 8.46. The second-order valence-electron chi connectivity index (χ2n) is 6.50. The number of carbonyl (C=O) groups is 2. The number of piperidine rings is 1. The fourth-order valence-corrected chi connectivity index (χ4v) is 3.23. The van der Waals surface area contributed by atoms with Crippen molar-refractivity contribution >= 4 is 23.4 Å². The van der Waals surface area contributed by atoms with E-state index in [-0.39, 0.29) is 37.0 Å². The third-order valence-corrected chi connectivity index (χ3v) is 4.64. The van der Waals surface area contributed by atoms with Crippen LogP contribution in [0.4, 0.5) is 20.6 Å². The second-order valence-corrected chi connectivity index (χ2v) is 6.50. The molecule has 1 aromatic carbocycles. The topological polar surface area (TPSA) is 87.9 Å². The highest BCUT2D eigenvalue weighted by Gasteiger charge is 2.34. The van der Waals surface area contributed by atoms with Crippen LogP contribution in [0.2, 0.25) is 0 Å². The van der Waals surface area contributed by atoms with Gasteiger partial charge in [-0.3, -0.25) is 9.69 Å². The van der Waals surface area contributed by atoms with Gasteiger partial charge in [-0.1, -0.05) is 0 Å². The maximum atomic E-state index is 14.6. The lowest BCUT2D eigenvalue weighted by Crippen LogP contribution is -2.42. The molecular weight excluding hydrogens is 327 g/mol. The molecule has 1 aromatic rings. The first-order chi connectivity index (χ1) is 12.0. The summed E-state index contributed by atoms with van der Waals surface area (Å²) in [5.41, 5.74) is 6.83. The van der Waals surface area contributed by atoms with Crippen LogP contribution in [0.15, 0.2) is 18.2 Å². The summed E-state index contributed by atoms with van der Waals surface area (Å²) in [6.45, 7) is 3.25. The minimum Gasteiger partial charge on any atom is -0.447 e. The highest BCUT2D eigenvalue weighted by molar-refractivity contribution is 5.90. The highest BCUT2D eigenvalue weighted by atomic mass is 19.1. The summed E-state index contributed by atoms with van der Waals surface area (Å²) < 4.78 is 19.7. The largest absolute Gasteiger partial charge is 0.447 e. The van der Waals surface area contributed by atoms with E-state index in [1.54, 1.807) is 12.1 Å².